The van der Waals surface area contributed by atoms with E-state index in [1.165, 1.54) is 0 Å². The number of aromatic nitrogens is 1. The van der Waals surface area contributed by atoms with Gasteiger partial charge in [-0.3, -0.25) is 4.79 Å². The molecule has 0 spiro atoms. The third kappa shape index (κ3) is 4.10. The topological polar surface area (TPSA) is 49.6 Å². The summed E-state index contributed by atoms with van der Waals surface area (Å²) in [7, 11) is 0. The maximum Gasteiger partial charge on any atom is 0.406 e. The number of benzene rings is 1. The smallest absolute Gasteiger partial charge is 0.406 e. The van der Waals surface area contributed by atoms with Crippen LogP contribution < -0.4 is 4.90 Å². The van der Waals surface area contributed by atoms with E-state index in [4.69, 9.17) is 4.42 Å². The van der Waals surface area contributed by atoms with E-state index in [1.807, 2.05) is 29.2 Å². The molecule has 2 aliphatic rings. The first kappa shape index (κ1) is 19.1. The molecule has 2 fully saturated rings. The fourth-order valence-electron chi connectivity index (χ4n) is 4.00. The molecule has 1 aliphatic carbocycles. The number of carbonyl (C=O) groups is 1. The van der Waals surface area contributed by atoms with Crippen molar-refractivity contribution in [3.63, 3.8) is 0 Å². The van der Waals surface area contributed by atoms with Crippen molar-refractivity contribution in [1.29, 1.82) is 0 Å². The fourth-order valence-corrected chi connectivity index (χ4v) is 4.00. The zero-order valence-electron chi connectivity index (χ0n) is 15.8. The van der Waals surface area contributed by atoms with Crippen molar-refractivity contribution in [2.75, 3.05) is 24.5 Å². The molecule has 1 amide bonds. The molecule has 1 aliphatic heterocycles. The van der Waals surface area contributed by atoms with Crippen LogP contribution in [0.5, 0.6) is 0 Å². The Labute approximate surface area is 161 Å². The molecule has 0 N–H and O–H groups in total. The molecule has 1 atom stereocenters. The number of anilines is 1. The van der Waals surface area contributed by atoms with E-state index in [0.717, 1.165) is 23.3 Å². The summed E-state index contributed by atoms with van der Waals surface area (Å²) in [5.41, 5.74) is 1.47. The summed E-state index contributed by atoms with van der Waals surface area (Å²) >= 11 is 0. The Bertz CT molecular complexity index is 806. The van der Waals surface area contributed by atoms with E-state index in [-0.39, 0.29) is 23.8 Å². The third-order valence-corrected chi connectivity index (χ3v) is 5.83. The highest BCUT2D eigenvalue weighted by Crippen LogP contribution is 2.37. The third-order valence-electron chi connectivity index (χ3n) is 5.83. The Hall–Kier alpha value is -2.25. The highest BCUT2D eigenvalue weighted by molar-refractivity contribution is 5.80. The van der Waals surface area contributed by atoms with Gasteiger partial charge in [0.05, 0.1) is 0 Å². The predicted octanol–water partition coefficient (Wildman–Crippen LogP) is 4.23. The Balaban J connectivity index is 1.41. The lowest BCUT2D eigenvalue weighted by Crippen LogP contribution is -2.50. The van der Waals surface area contributed by atoms with Crippen LogP contribution in [0.15, 0.2) is 28.7 Å². The number of hydrogen-bond acceptors (Lipinski definition) is 4. The quantitative estimate of drug-likeness (QED) is 0.760. The Kier molecular flexibility index (Phi) is 4.97. The van der Waals surface area contributed by atoms with Crippen LogP contribution >= 0.6 is 0 Å². The molecular formula is C20H24F3N3O2. The molecule has 1 aromatic heterocycles. The van der Waals surface area contributed by atoms with E-state index < -0.39 is 12.7 Å². The average molecular weight is 395 g/mol. The van der Waals surface area contributed by atoms with Crippen LogP contribution in [-0.4, -0.2) is 47.6 Å². The van der Waals surface area contributed by atoms with Crippen LogP contribution in [0.25, 0.3) is 11.1 Å². The predicted molar refractivity (Wildman–Crippen MR) is 98.9 cm³/mol. The van der Waals surface area contributed by atoms with Crippen LogP contribution in [0, 0.1) is 11.8 Å². The van der Waals surface area contributed by atoms with Crippen molar-refractivity contribution >= 4 is 23.0 Å². The minimum absolute atomic E-state index is 0.200. The second kappa shape index (κ2) is 7.29. The average Bonchev–Trinajstić information content (AvgIpc) is 3.43. The van der Waals surface area contributed by atoms with Crippen LogP contribution in [0.2, 0.25) is 0 Å². The van der Waals surface area contributed by atoms with Gasteiger partial charge in [0.2, 0.25) is 5.91 Å². The number of rotatable bonds is 5. The van der Waals surface area contributed by atoms with Gasteiger partial charge in [-0.1, -0.05) is 12.1 Å². The van der Waals surface area contributed by atoms with Gasteiger partial charge < -0.3 is 14.2 Å². The van der Waals surface area contributed by atoms with E-state index in [1.54, 1.807) is 6.92 Å². The van der Waals surface area contributed by atoms with Crippen molar-refractivity contribution in [3.8, 4) is 0 Å². The standard InChI is InChI=1S/C20H24F3N3O2/c1-13(14-6-7-14)26(12-20(21,22)23)18(27)15-8-10-25(11-9-15)19-24-16-4-2-3-5-17(16)28-19/h2-5,13-15H,6-12H2,1H3. The van der Waals surface area contributed by atoms with Gasteiger partial charge in [-0.15, -0.1) is 0 Å². The summed E-state index contributed by atoms with van der Waals surface area (Å²) in [6, 6.07) is 7.62. The SMILES string of the molecule is CC(C1CC1)N(CC(F)(F)F)C(=O)C1CCN(c2nc3ccccc3o2)CC1. The number of oxazole rings is 1. The van der Waals surface area contributed by atoms with Gasteiger partial charge in [-0.05, 0) is 50.7 Å². The molecule has 1 unspecified atom stereocenters. The summed E-state index contributed by atoms with van der Waals surface area (Å²) in [4.78, 5) is 20.4. The van der Waals surface area contributed by atoms with Crippen molar-refractivity contribution in [2.24, 2.45) is 11.8 Å². The maximum absolute atomic E-state index is 13.0. The lowest BCUT2D eigenvalue weighted by Gasteiger charge is -2.36. The molecule has 5 nitrogen and oxygen atoms in total. The molecule has 2 aromatic rings. The summed E-state index contributed by atoms with van der Waals surface area (Å²) in [5.74, 6) is -0.552. The first-order valence-corrected chi connectivity index (χ1v) is 9.79. The zero-order chi connectivity index (χ0) is 19.9. The molecule has 4 rings (SSSR count). The maximum atomic E-state index is 13.0. The van der Waals surface area contributed by atoms with Gasteiger partial charge in [-0.25, -0.2) is 0 Å². The molecule has 8 heteroatoms. The Morgan fingerprint density at radius 2 is 1.93 bits per heavy atom. The zero-order valence-corrected chi connectivity index (χ0v) is 15.8. The Morgan fingerprint density at radius 1 is 1.25 bits per heavy atom. The monoisotopic (exact) mass is 395 g/mol. The summed E-state index contributed by atoms with van der Waals surface area (Å²) in [6.07, 6.45) is -1.57. The number of piperidine rings is 1. The lowest BCUT2D eigenvalue weighted by atomic mass is 9.94. The number of alkyl halides is 3. The molecule has 152 valence electrons. The molecule has 0 bridgehead atoms. The van der Waals surface area contributed by atoms with Gasteiger partial charge >= 0.3 is 6.18 Å². The molecule has 1 aromatic carbocycles. The highest BCUT2D eigenvalue weighted by atomic mass is 19.4. The van der Waals surface area contributed by atoms with Crippen LogP contribution in [0.3, 0.4) is 0 Å². The normalized spacial score (nSPS) is 19.8. The molecule has 1 saturated carbocycles. The number of halogens is 3. The number of nitrogens with zero attached hydrogens (tertiary/aromatic N) is 3. The largest absolute Gasteiger partial charge is 0.423 e. The van der Waals surface area contributed by atoms with E-state index in [0.29, 0.717) is 37.5 Å². The first-order valence-electron chi connectivity index (χ1n) is 9.79. The number of hydrogen-bond donors (Lipinski definition) is 0. The number of fused-ring (bicyclic) bond motifs is 1. The van der Waals surface area contributed by atoms with E-state index in [2.05, 4.69) is 4.98 Å². The number of carbonyl (C=O) groups excluding carboxylic acids is 1. The van der Waals surface area contributed by atoms with Crippen molar-refractivity contribution in [2.45, 2.75) is 44.8 Å². The van der Waals surface area contributed by atoms with E-state index in [9.17, 15) is 18.0 Å². The summed E-state index contributed by atoms with van der Waals surface area (Å²) in [6.45, 7) is 1.67. The van der Waals surface area contributed by atoms with Crippen molar-refractivity contribution in [3.05, 3.63) is 24.3 Å². The minimum Gasteiger partial charge on any atom is -0.423 e. The molecule has 28 heavy (non-hydrogen) atoms. The molecule has 0 radical (unpaired) electrons. The summed E-state index contributed by atoms with van der Waals surface area (Å²) in [5, 5.41) is 0. The van der Waals surface area contributed by atoms with Crippen LogP contribution in [0.4, 0.5) is 19.2 Å². The number of amides is 1. The first-order chi connectivity index (χ1) is 13.3. The van der Waals surface area contributed by atoms with Gasteiger partial charge in [-0.2, -0.15) is 18.2 Å². The van der Waals surface area contributed by atoms with Gasteiger partial charge in [0.25, 0.3) is 6.01 Å². The molecule has 1 saturated heterocycles. The van der Waals surface area contributed by atoms with Gasteiger partial charge in [0.15, 0.2) is 5.58 Å². The second-order valence-electron chi connectivity index (χ2n) is 7.88. The molecular weight excluding hydrogens is 371 g/mol. The van der Waals surface area contributed by atoms with Gasteiger partial charge in [0, 0.05) is 25.0 Å². The lowest BCUT2D eigenvalue weighted by molar-refractivity contribution is -0.169. The van der Waals surface area contributed by atoms with Crippen molar-refractivity contribution < 1.29 is 22.4 Å². The van der Waals surface area contributed by atoms with Crippen LogP contribution in [-0.2, 0) is 4.79 Å². The van der Waals surface area contributed by atoms with E-state index >= 15 is 0 Å². The summed E-state index contributed by atoms with van der Waals surface area (Å²) < 4.78 is 44.9. The minimum atomic E-state index is -4.38. The molecule has 2 heterocycles. The van der Waals surface area contributed by atoms with Crippen molar-refractivity contribution in [1.82, 2.24) is 9.88 Å². The van der Waals surface area contributed by atoms with Gasteiger partial charge in [0.1, 0.15) is 12.1 Å². The Morgan fingerprint density at radius 3 is 2.54 bits per heavy atom. The number of para-hydroxylation sites is 2. The van der Waals surface area contributed by atoms with Crippen LogP contribution in [0.1, 0.15) is 32.6 Å². The highest BCUT2D eigenvalue weighted by Gasteiger charge is 2.42. The second-order valence-corrected chi connectivity index (χ2v) is 7.88. The fraction of sp³-hybridized carbons (Fsp3) is 0.600.